The van der Waals surface area contributed by atoms with E-state index in [9.17, 15) is 0 Å². The smallest absolute Gasteiger partial charge is 0.0159 e. The van der Waals surface area contributed by atoms with Crippen LogP contribution in [-0.2, 0) is 5.41 Å². The number of benzene rings is 9. The first-order chi connectivity index (χ1) is 22.1. The third-order valence-corrected chi connectivity index (χ3v) is 10.6. The zero-order valence-corrected chi connectivity index (χ0v) is 25.4. The van der Waals surface area contributed by atoms with Crippen molar-refractivity contribution in [3.63, 3.8) is 0 Å². The van der Waals surface area contributed by atoms with E-state index < -0.39 is 0 Å². The van der Waals surface area contributed by atoms with Gasteiger partial charge in [0.1, 0.15) is 0 Å². The van der Waals surface area contributed by atoms with Gasteiger partial charge in [-0.15, -0.1) is 0 Å². The van der Waals surface area contributed by atoms with Crippen molar-refractivity contribution in [3.8, 4) is 33.4 Å². The molecule has 0 nitrogen and oxygen atoms in total. The van der Waals surface area contributed by atoms with E-state index in [-0.39, 0.29) is 5.41 Å². The molecule has 9 aromatic carbocycles. The van der Waals surface area contributed by atoms with Gasteiger partial charge in [0.2, 0.25) is 0 Å². The van der Waals surface area contributed by atoms with Crippen LogP contribution in [0.4, 0.5) is 0 Å². The van der Waals surface area contributed by atoms with E-state index in [2.05, 4.69) is 159 Å². The Morgan fingerprint density at radius 2 is 0.933 bits per heavy atom. The molecule has 0 bridgehead atoms. The maximum Gasteiger partial charge on any atom is 0.0159 e. The van der Waals surface area contributed by atoms with Gasteiger partial charge < -0.3 is 0 Å². The van der Waals surface area contributed by atoms with Crippen LogP contribution in [0.5, 0.6) is 0 Å². The molecular formula is C45H30. The Morgan fingerprint density at radius 3 is 1.73 bits per heavy atom. The summed E-state index contributed by atoms with van der Waals surface area (Å²) in [6, 6.07) is 54.7. The highest BCUT2D eigenvalue weighted by atomic mass is 14.4. The second-order valence-electron chi connectivity index (χ2n) is 13.3. The molecule has 1 aliphatic rings. The van der Waals surface area contributed by atoms with E-state index in [1.165, 1.54) is 98.4 Å². The van der Waals surface area contributed by atoms with Gasteiger partial charge >= 0.3 is 0 Å². The van der Waals surface area contributed by atoms with Crippen LogP contribution in [0, 0.1) is 0 Å². The quantitative estimate of drug-likeness (QED) is 0.181. The molecule has 0 heteroatoms. The Bertz CT molecular complexity index is 2600. The zero-order valence-electron chi connectivity index (χ0n) is 25.4. The van der Waals surface area contributed by atoms with Crippen LogP contribution < -0.4 is 0 Å². The Balaban J connectivity index is 1.20. The molecule has 0 aromatic heterocycles. The number of fused-ring (bicyclic) bond motifs is 6. The van der Waals surface area contributed by atoms with E-state index in [1.807, 2.05) is 0 Å². The summed E-state index contributed by atoms with van der Waals surface area (Å²) < 4.78 is 0. The normalized spacial score (nSPS) is 13.7. The summed E-state index contributed by atoms with van der Waals surface area (Å²) in [5.41, 5.74) is 10.6. The lowest BCUT2D eigenvalue weighted by Gasteiger charge is -2.22. The topological polar surface area (TPSA) is 0 Å². The number of hydrogen-bond acceptors (Lipinski definition) is 0. The highest BCUT2D eigenvalue weighted by molar-refractivity contribution is 6.23. The summed E-state index contributed by atoms with van der Waals surface area (Å²) in [5, 5.41) is 13.2. The fourth-order valence-electron chi connectivity index (χ4n) is 8.41. The van der Waals surface area contributed by atoms with Gasteiger partial charge in [-0.3, -0.25) is 0 Å². The summed E-state index contributed by atoms with van der Waals surface area (Å²) in [5.74, 6) is 0. The van der Waals surface area contributed by atoms with Crippen molar-refractivity contribution >= 4 is 53.9 Å². The van der Waals surface area contributed by atoms with E-state index >= 15 is 0 Å². The fourth-order valence-corrected chi connectivity index (χ4v) is 8.41. The molecule has 10 rings (SSSR count). The third-order valence-electron chi connectivity index (χ3n) is 10.6. The molecule has 0 unspecified atom stereocenters. The van der Waals surface area contributed by atoms with Crippen molar-refractivity contribution in [2.24, 2.45) is 0 Å². The van der Waals surface area contributed by atoms with Crippen LogP contribution in [0.1, 0.15) is 25.0 Å². The SMILES string of the molecule is CC1(C)c2ccc(-c3cc4ccc5cccc6ccc(c3)c4c56)cc2-c2c1ccc1c(-c3cccc4ccccc34)cccc21. The molecule has 0 radical (unpaired) electrons. The maximum absolute atomic E-state index is 2.46. The molecule has 210 valence electrons. The summed E-state index contributed by atoms with van der Waals surface area (Å²) in [4.78, 5) is 0. The summed E-state index contributed by atoms with van der Waals surface area (Å²) in [7, 11) is 0. The predicted molar refractivity (Wildman–Crippen MR) is 194 cm³/mol. The lowest BCUT2D eigenvalue weighted by atomic mass is 9.81. The minimum absolute atomic E-state index is 0.0692. The van der Waals surface area contributed by atoms with Gasteiger partial charge in [-0.25, -0.2) is 0 Å². The average Bonchev–Trinajstić information content (AvgIpc) is 3.32. The first-order valence-electron chi connectivity index (χ1n) is 15.9. The van der Waals surface area contributed by atoms with Crippen molar-refractivity contribution in [2.45, 2.75) is 19.3 Å². The van der Waals surface area contributed by atoms with Gasteiger partial charge in [0.15, 0.2) is 0 Å². The van der Waals surface area contributed by atoms with Gasteiger partial charge in [-0.2, -0.15) is 0 Å². The summed E-state index contributed by atoms with van der Waals surface area (Å²) >= 11 is 0. The van der Waals surface area contributed by atoms with Crippen molar-refractivity contribution in [1.29, 1.82) is 0 Å². The van der Waals surface area contributed by atoms with Crippen molar-refractivity contribution in [2.75, 3.05) is 0 Å². The minimum atomic E-state index is -0.0692. The highest BCUT2D eigenvalue weighted by Gasteiger charge is 2.36. The van der Waals surface area contributed by atoms with E-state index in [1.54, 1.807) is 0 Å². The third kappa shape index (κ3) is 3.37. The molecule has 0 fully saturated rings. The van der Waals surface area contributed by atoms with Crippen LogP contribution >= 0.6 is 0 Å². The standard InChI is InChI=1S/C45H30/c1-45(2)40-22-20-30(33-24-31-18-16-28-10-5-11-29-17-19-32(25-33)43(31)42(28)29)26-39(40)44-38-15-7-14-36(37(38)21-23-41(44)45)35-13-6-9-27-8-3-4-12-34(27)35/h3-26H,1-2H3. The number of hydrogen-bond donors (Lipinski definition) is 0. The summed E-state index contributed by atoms with van der Waals surface area (Å²) in [6.07, 6.45) is 0. The van der Waals surface area contributed by atoms with E-state index in [0.717, 1.165) is 0 Å². The molecule has 0 saturated carbocycles. The molecule has 0 amide bonds. The molecule has 45 heavy (non-hydrogen) atoms. The Labute approximate surface area is 262 Å². The first kappa shape index (κ1) is 24.9. The van der Waals surface area contributed by atoms with Gasteiger partial charge in [-0.1, -0.05) is 141 Å². The Kier molecular flexibility index (Phi) is 4.88. The van der Waals surface area contributed by atoms with Gasteiger partial charge in [0, 0.05) is 5.41 Å². The van der Waals surface area contributed by atoms with Crippen LogP contribution in [0.15, 0.2) is 146 Å². The zero-order chi connectivity index (χ0) is 29.9. The second kappa shape index (κ2) is 8.80. The average molecular weight is 571 g/mol. The second-order valence-corrected chi connectivity index (χ2v) is 13.3. The van der Waals surface area contributed by atoms with Gasteiger partial charge in [0.05, 0.1) is 0 Å². The molecule has 0 saturated heterocycles. The van der Waals surface area contributed by atoms with E-state index in [0.29, 0.717) is 0 Å². The van der Waals surface area contributed by atoms with Crippen molar-refractivity contribution < 1.29 is 0 Å². The van der Waals surface area contributed by atoms with Crippen molar-refractivity contribution in [1.82, 2.24) is 0 Å². The van der Waals surface area contributed by atoms with Crippen LogP contribution in [0.25, 0.3) is 87.2 Å². The molecule has 0 spiro atoms. The maximum atomic E-state index is 2.46. The van der Waals surface area contributed by atoms with Crippen LogP contribution in [0.2, 0.25) is 0 Å². The molecule has 9 aromatic rings. The van der Waals surface area contributed by atoms with E-state index in [4.69, 9.17) is 0 Å². The molecule has 0 atom stereocenters. The molecule has 0 aliphatic heterocycles. The Hall–Kier alpha value is -5.46. The Morgan fingerprint density at radius 1 is 0.356 bits per heavy atom. The lowest BCUT2D eigenvalue weighted by molar-refractivity contribution is 0.661. The molecular weight excluding hydrogens is 540 g/mol. The highest BCUT2D eigenvalue weighted by Crippen LogP contribution is 2.53. The molecule has 1 aliphatic carbocycles. The largest absolute Gasteiger partial charge is 0.0616 e. The first-order valence-corrected chi connectivity index (χ1v) is 15.9. The number of rotatable bonds is 2. The van der Waals surface area contributed by atoms with Crippen LogP contribution in [-0.4, -0.2) is 0 Å². The lowest BCUT2D eigenvalue weighted by Crippen LogP contribution is -2.14. The molecule has 0 heterocycles. The van der Waals surface area contributed by atoms with Gasteiger partial charge in [-0.05, 0) is 117 Å². The van der Waals surface area contributed by atoms with Crippen LogP contribution in [0.3, 0.4) is 0 Å². The molecule has 0 N–H and O–H groups in total. The summed E-state index contributed by atoms with van der Waals surface area (Å²) in [6.45, 7) is 4.76. The van der Waals surface area contributed by atoms with Gasteiger partial charge in [0.25, 0.3) is 0 Å². The minimum Gasteiger partial charge on any atom is -0.0616 e. The van der Waals surface area contributed by atoms with Crippen molar-refractivity contribution in [3.05, 3.63) is 157 Å². The fraction of sp³-hybridized carbons (Fsp3) is 0.0667. The predicted octanol–water partition coefficient (Wildman–Crippen LogP) is 12.5. The monoisotopic (exact) mass is 570 g/mol.